The zero-order valence-corrected chi connectivity index (χ0v) is 16.1. The van der Waals surface area contributed by atoms with Gasteiger partial charge in [-0.2, -0.15) is 0 Å². The van der Waals surface area contributed by atoms with E-state index in [1.165, 1.54) is 12.1 Å². The standard InChI is InChI=1S/C18H23BrFN3O3/c19-13-3-4-15(14(20)12-13)21-17(24)5-6-22-7-9-23(10-8-22)18(25)16-2-1-11-26-16/h3-4,12,16H,1-2,5-11H2,(H,21,24). The van der Waals surface area contributed by atoms with Gasteiger partial charge in [0.2, 0.25) is 5.91 Å². The van der Waals surface area contributed by atoms with Crippen LogP contribution in [-0.2, 0) is 14.3 Å². The number of ether oxygens (including phenoxy) is 1. The number of amides is 2. The summed E-state index contributed by atoms with van der Waals surface area (Å²) in [6.45, 7) is 4.04. The molecular formula is C18H23BrFN3O3. The van der Waals surface area contributed by atoms with Gasteiger partial charge in [-0.15, -0.1) is 0 Å². The number of hydrogen-bond donors (Lipinski definition) is 1. The number of carbonyl (C=O) groups excluding carboxylic acids is 2. The molecule has 6 nitrogen and oxygen atoms in total. The Morgan fingerprint density at radius 2 is 2.04 bits per heavy atom. The van der Waals surface area contributed by atoms with Gasteiger partial charge in [0.1, 0.15) is 11.9 Å². The number of halogens is 2. The van der Waals surface area contributed by atoms with E-state index in [1.54, 1.807) is 6.07 Å². The number of nitrogens with one attached hydrogen (secondary N) is 1. The van der Waals surface area contributed by atoms with Gasteiger partial charge in [-0.1, -0.05) is 15.9 Å². The van der Waals surface area contributed by atoms with Gasteiger partial charge in [0.05, 0.1) is 5.69 Å². The predicted octanol–water partition coefficient (Wildman–Crippen LogP) is 2.24. The van der Waals surface area contributed by atoms with E-state index in [1.807, 2.05) is 4.90 Å². The maximum absolute atomic E-state index is 13.7. The number of carbonyl (C=O) groups is 2. The number of benzene rings is 1. The van der Waals surface area contributed by atoms with Crippen LogP contribution in [0.25, 0.3) is 0 Å². The zero-order chi connectivity index (χ0) is 18.5. The Morgan fingerprint density at radius 3 is 2.69 bits per heavy atom. The van der Waals surface area contributed by atoms with Crippen molar-refractivity contribution in [2.75, 3.05) is 44.6 Å². The first-order valence-corrected chi connectivity index (χ1v) is 9.70. The molecule has 1 N–H and O–H groups in total. The molecule has 0 spiro atoms. The maximum Gasteiger partial charge on any atom is 0.251 e. The van der Waals surface area contributed by atoms with Crippen molar-refractivity contribution < 1.29 is 18.7 Å². The van der Waals surface area contributed by atoms with Crippen molar-refractivity contribution in [3.63, 3.8) is 0 Å². The van der Waals surface area contributed by atoms with E-state index in [-0.39, 0.29) is 30.0 Å². The second kappa shape index (κ2) is 8.92. The van der Waals surface area contributed by atoms with E-state index in [0.29, 0.717) is 30.7 Å². The van der Waals surface area contributed by atoms with E-state index < -0.39 is 5.82 Å². The van der Waals surface area contributed by atoms with Crippen molar-refractivity contribution in [1.29, 1.82) is 0 Å². The van der Waals surface area contributed by atoms with Gasteiger partial charge < -0.3 is 15.0 Å². The first-order chi connectivity index (χ1) is 12.5. The van der Waals surface area contributed by atoms with Crippen molar-refractivity contribution >= 4 is 33.4 Å². The fourth-order valence-corrected chi connectivity index (χ4v) is 3.56. The Morgan fingerprint density at radius 1 is 1.27 bits per heavy atom. The lowest BCUT2D eigenvalue weighted by Gasteiger charge is -2.35. The highest BCUT2D eigenvalue weighted by Crippen LogP contribution is 2.19. The first kappa shape index (κ1) is 19.3. The summed E-state index contributed by atoms with van der Waals surface area (Å²) in [7, 11) is 0. The number of rotatable bonds is 5. The lowest BCUT2D eigenvalue weighted by atomic mass is 10.2. The van der Waals surface area contributed by atoms with Crippen LogP contribution in [0.1, 0.15) is 19.3 Å². The number of nitrogens with zero attached hydrogens (tertiary/aromatic N) is 2. The Bertz CT molecular complexity index is 659. The minimum atomic E-state index is -0.464. The van der Waals surface area contributed by atoms with Crippen LogP contribution >= 0.6 is 15.9 Å². The molecule has 2 saturated heterocycles. The lowest BCUT2D eigenvalue weighted by molar-refractivity contribution is -0.142. The Kier molecular flexibility index (Phi) is 6.61. The van der Waals surface area contributed by atoms with Crippen LogP contribution in [-0.4, -0.2) is 67.0 Å². The van der Waals surface area contributed by atoms with Crippen molar-refractivity contribution in [2.24, 2.45) is 0 Å². The predicted molar refractivity (Wildman–Crippen MR) is 99.3 cm³/mol. The van der Waals surface area contributed by atoms with Crippen molar-refractivity contribution in [2.45, 2.75) is 25.4 Å². The molecule has 0 bridgehead atoms. The second-order valence-corrected chi connectivity index (χ2v) is 7.51. The molecule has 0 aliphatic carbocycles. The zero-order valence-electron chi connectivity index (χ0n) is 14.5. The molecule has 142 valence electrons. The molecule has 1 unspecified atom stereocenters. The van der Waals surface area contributed by atoms with E-state index in [0.717, 1.165) is 25.9 Å². The minimum Gasteiger partial charge on any atom is -0.368 e. The Labute approximate surface area is 160 Å². The third-order valence-electron chi connectivity index (χ3n) is 4.75. The van der Waals surface area contributed by atoms with Crippen LogP contribution in [0.5, 0.6) is 0 Å². The van der Waals surface area contributed by atoms with Gasteiger partial charge in [-0.05, 0) is 31.0 Å². The monoisotopic (exact) mass is 427 g/mol. The molecular weight excluding hydrogens is 405 g/mol. The number of anilines is 1. The molecule has 2 aliphatic rings. The van der Waals surface area contributed by atoms with Gasteiger partial charge in [-0.25, -0.2) is 4.39 Å². The van der Waals surface area contributed by atoms with E-state index in [2.05, 4.69) is 26.1 Å². The third-order valence-corrected chi connectivity index (χ3v) is 5.24. The molecule has 0 aromatic heterocycles. The molecule has 2 aliphatic heterocycles. The molecule has 1 atom stereocenters. The fraction of sp³-hybridized carbons (Fsp3) is 0.556. The Hall–Kier alpha value is -1.51. The molecule has 8 heteroatoms. The molecule has 2 heterocycles. The SMILES string of the molecule is O=C(CCN1CCN(C(=O)C2CCCO2)CC1)Nc1ccc(Br)cc1F. The number of piperazine rings is 1. The molecule has 1 aromatic rings. The van der Waals surface area contributed by atoms with Gasteiger partial charge in [-0.3, -0.25) is 14.5 Å². The normalized spacial score (nSPS) is 21.0. The van der Waals surface area contributed by atoms with Crippen LogP contribution in [0.2, 0.25) is 0 Å². The van der Waals surface area contributed by atoms with Crippen molar-refractivity contribution in [3.8, 4) is 0 Å². The van der Waals surface area contributed by atoms with Gasteiger partial charge in [0.25, 0.3) is 5.91 Å². The molecule has 0 radical (unpaired) electrons. The topological polar surface area (TPSA) is 61.9 Å². The quantitative estimate of drug-likeness (QED) is 0.782. The van der Waals surface area contributed by atoms with Crippen LogP contribution in [0.15, 0.2) is 22.7 Å². The summed E-state index contributed by atoms with van der Waals surface area (Å²) in [5.74, 6) is -0.594. The fourth-order valence-electron chi connectivity index (χ4n) is 3.23. The summed E-state index contributed by atoms with van der Waals surface area (Å²) >= 11 is 3.19. The van der Waals surface area contributed by atoms with Crippen molar-refractivity contribution in [1.82, 2.24) is 9.80 Å². The van der Waals surface area contributed by atoms with Gasteiger partial charge in [0.15, 0.2) is 0 Å². The third kappa shape index (κ3) is 5.02. The lowest BCUT2D eigenvalue weighted by Crippen LogP contribution is -2.51. The highest BCUT2D eigenvalue weighted by molar-refractivity contribution is 9.10. The molecule has 3 rings (SSSR count). The largest absolute Gasteiger partial charge is 0.368 e. The molecule has 0 saturated carbocycles. The van der Waals surface area contributed by atoms with E-state index in [9.17, 15) is 14.0 Å². The summed E-state index contributed by atoms with van der Waals surface area (Å²) in [5, 5.41) is 2.60. The summed E-state index contributed by atoms with van der Waals surface area (Å²) < 4.78 is 19.8. The van der Waals surface area contributed by atoms with Crippen LogP contribution in [0.3, 0.4) is 0 Å². The van der Waals surface area contributed by atoms with Crippen LogP contribution in [0, 0.1) is 5.82 Å². The van der Waals surface area contributed by atoms with Crippen LogP contribution in [0.4, 0.5) is 10.1 Å². The molecule has 26 heavy (non-hydrogen) atoms. The second-order valence-electron chi connectivity index (χ2n) is 6.59. The maximum atomic E-state index is 13.7. The van der Waals surface area contributed by atoms with E-state index >= 15 is 0 Å². The summed E-state index contributed by atoms with van der Waals surface area (Å²) in [6.07, 6.45) is 1.78. The average molecular weight is 428 g/mol. The summed E-state index contributed by atoms with van der Waals surface area (Å²) in [5.41, 5.74) is 0.185. The Balaban J connectivity index is 1.39. The van der Waals surface area contributed by atoms with Gasteiger partial charge in [0, 0.05) is 50.2 Å². The molecule has 2 fully saturated rings. The van der Waals surface area contributed by atoms with Crippen LogP contribution < -0.4 is 5.32 Å². The number of hydrogen-bond acceptors (Lipinski definition) is 4. The molecule has 1 aromatic carbocycles. The molecule has 2 amide bonds. The van der Waals surface area contributed by atoms with Gasteiger partial charge >= 0.3 is 0 Å². The average Bonchev–Trinajstić information content (AvgIpc) is 3.17. The first-order valence-electron chi connectivity index (χ1n) is 8.90. The van der Waals surface area contributed by atoms with E-state index in [4.69, 9.17) is 4.74 Å². The summed E-state index contributed by atoms with van der Waals surface area (Å²) in [6, 6.07) is 4.54. The van der Waals surface area contributed by atoms with Crippen molar-refractivity contribution in [3.05, 3.63) is 28.5 Å². The minimum absolute atomic E-state index is 0.0885. The highest BCUT2D eigenvalue weighted by atomic mass is 79.9. The highest BCUT2D eigenvalue weighted by Gasteiger charge is 2.30. The smallest absolute Gasteiger partial charge is 0.251 e. The summed E-state index contributed by atoms with van der Waals surface area (Å²) in [4.78, 5) is 28.4.